The van der Waals surface area contributed by atoms with Crippen molar-refractivity contribution in [1.82, 2.24) is 5.32 Å². The molecule has 1 amide bonds. The van der Waals surface area contributed by atoms with Gasteiger partial charge in [0.1, 0.15) is 0 Å². The number of amides is 1. The zero-order valence-electron chi connectivity index (χ0n) is 10.5. The van der Waals surface area contributed by atoms with Crippen LogP contribution in [0.4, 0.5) is 0 Å². The number of hydrogen-bond donors (Lipinski definition) is 2. The molecule has 0 aromatic heterocycles. The van der Waals surface area contributed by atoms with E-state index in [4.69, 9.17) is 0 Å². The smallest absolute Gasteiger partial charge is 0.251 e. The van der Waals surface area contributed by atoms with Crippen LogP contribution in [0, 0.1) is 5.92 Å². The van der Waals surface area contributed by atoms with Crippen LogP contribution in [0.25, 0.3) is 0 Å². The molecule has 0 radical (unpaired) electrons. The Kier molecular flexibility index (Phi) is 3.08. The van der Waals surface area contributed by atoms with Crippen LogP contribution in [0.3, 0.4) is 0 Å². The van der Waals surface area contributed by atoms with E-state index in [0.717, 1.165) is 42.5 Å². The standard InChI is InChI=1S/C15H19NO2/c17-14(11-3-1-2-4-11)12-6-5-10-7-8-16-15(18)13(10)9-12/h5-6,9,11,14,17H,1-4,7-8H2,(H,16,18). The molecule has 0 spiro atoms. The van der Waals surface area contributed by atoms with E-state index in [1.165, 1.54) is 12.8 Å². The summed E-state index contributed by atoms with van der Waals surface area (Å²) in [7, 11) is 0. The molecule has 1 aliphatic carbocycles. The molecule has 0 bridgehead atoms. The zero-order valence-corrected chi connectivity index (χ0v) is 10.5. The summed E-state index contributed by atoms with van der Waals surface area (Å²) in [6.45, 7) is 0.719. The molecule has 1 aromatic rings. The van der Waals surface area contributed by atoms with Crippen molar-refractivity contribution in [3.63, 3.8) is 0 Å². The van der Waals surface area contributed by atoms with Crippen LogP contribution in [0.15, 0.2) is 18.2 Å². The molecule has 96 valence electrons. The van der Waals surface area contributed by atoms with E-state index in [9.17, 15) is 9.90 Å². The largest absolute Gasteiger partial charge is 0.388 e. The van der Waals surface area contributed by atoms with Gasteiger partial charge in [0.05, 0.1) is 6.10 Å². The number of carbonyl (C=O) groups excluding carboxylic acids is 1. The summed E-state index contributed by atoms with van der Waals surface area (Å²) in [6, 6.07) is 5.87. The average molecular weight is 245 g/mol. The van der Waals surface area contributed by atoms with Crippen LogP contribution in [0.5, 0.6) is 0 Å². The lowest BCUT2D eigenvalue weighted by Crippen LogP contribution is -2.32. The molecule has 1 aliphatic heterocycles. The first kappa shape index (κ1) is 11.7. The van der Waals surface area contributed by atoms with Gasteiger partial charge in [-0.25, -0.2) is 0 Å². The fraction of sp³-hybridized carbons (Fsp3) is 0.533. The van der Waals surface area contributed by atoms with E-state index < -0.39 is 6.10 Å². The fourth-order valence-corrected chi connectivity index (χ4v) is 3.16. The van der Waals surface area contributed by atoms with Crippen molar-refractivity contribution in [1.29, 1.82) is 0 Å². The Bertz CT molecular complexity index is 464. The molecule has 1 atom stereocenters. The summed E-state index contributed by atoms with van der Waals surface area (Å²) >= 11 is 0. The summed E-state index contributed by atoms with van der Waals surface area (Å²) in [4.78, 5) is 11.8. The van der Waals surface area contributed by atoms with Crippen LogP contribution in [-0.4, -0.2) is 17.6 Å². The molecule has 1 heterocycles. The molecule has 2 N–H and O–H groups in total. The number of aliphatic hydroxyl groups excluding tert-OH is 1. The summed E-state index contributed by atoms with van der Waals surface area (Å²) in [5, 5.41) is 13.2. The Morgan fingerprint density at radius 2 is 2.06 bits per heavy atom. The van der Waals surface area contributed by atoms with Crippen molar-refractivity contribution >= 4 is 5.91 Å². The number of hydrogen-bond acceptors (Lipinski definition) is 2. The normalized spacial score (nSPS) is 21.5. The Morgan fingerprint density at radius 3 is 2.83 bits per heavy atom. The van der Waals surface area contributed by atoms with Crippen LogP contribution in [0.1, 0.15) is 53.3 Å². The van der Waals surface area contributed by atoms with Crippen molar-refractivity contribution in [2.24, 2.45) is 5.92 Å². The van der Waals surface area contributed by atoms with E-state index in [1.54, 1.807) is 0 Å². The second-order valence-corrected chi connectivity index (χ2v) is 5.41. The Hall–Kier alpha value is -1.35. The minimum Gasteiger partial charge on any atom is -0.388 e. The molecule has 1 unspecified atom stereocenters. The Labute approximate surface area is 107 Å². The van der Waals surface area contributed by atoms with Gasteiger partial charge in [0.15, 0.2) is 0 Å². The van der Waals surface area contributed by atoms with Crippen molar-refractivity contribution < 1.29 is 9.90 Å². The lowest BCUT2D eigenvalue weighted by atomic mass is 9.90. The quantitative estimate of drug-likeness (QED) is 0.839. The number of fused-ring (bicyclic) bond motifs is 1. The SMILES string of the molecule is O=C1NCCc2ccc(C(O)C3CCCC3)cc21. The number of nitrogens with one attached hydrogen (secondary N) is 1. The Balaban J connectivity index is 1.88. The molecular formula is C15H19NO2. The van der Waals surface area contributed by atoms with Gasteiger partial charge in [-0.05, 0) is 42.4 Å². The molecule has 18 heavy (non-hydrogen) atoms. The van der Waals surface area contributed by atoms with Crippen LogP contribution in [-0.2, 0) is 6.42 Å². The van der Waals surface area contributed by atoms with Crippen molar-refractivity contribution in [2.75, 3.05) is 6.54 Å². The van der Waals surface area contributed by atoms with Gasteiger partial charge in [0, 0.05) is 12.1 Å². The molecule has 1 fully saturated rings. The lowest BCUT2D eigenvalue weighted by molar-refractivity contribution is 0.0943. The predicted octanol–water partition coefficient (Wildman–Crippen LogP) is 2.20. The summed E-state index contributed by atoms with van der Waals surface area (Å²) in [6.07, 6.45) is 5.11. The second-order valence-electron chi connectivity index (χ2n) is 5.41. The van der Waals surface area contributed by atoms with Crippen molar-refractivity contribution in [3.8, 4) is 0 Å². The van der Waals surface area contributed by atoms with Crippen LogP contribution in [0.2, 0.25) is 0 Å². The van der Waals surface area contributed by atoms with Gasteiger partial charge >= 0.3 is 0 Å². The predicted molar refractivity (Wildman–Crippen MR) is 69.4 cm³/mol. The first-order chi connectivity index (χ1) is 8.75. The third kappa shape index (κ3) is 2.03. The fourth-order valence-electron chi connectivity index (χ4n) is 3.16. The Morgan fingerprint density at radius 1 is 1.28 bits per heavy atom. The van der Waals surface area contributed by atoms with Gasteiger partial charge in [0.2, 0.25) is 0 Å². The van der Waals surface area contributed by atoms with Gasteiger partial charge < -0.3 is 10.4 Å². The average Bonchev–Trinajstić information content (AvgIpc) is 2.92. The number of rotatable bonds is 2. The number of aliphatic hydroxyl groups is 1. The van der Waals surface area contributed by atoms with Gasteiger partial charge in [-0.1, -0.05) is 25.0 Å². The third-order valence-corrected chi connectivity index (χ3v) is 4.25. The molecule has 0 saturated heterocycles. The molecule has 3 heteroatoms. The molecule has 1 saturated carbocycles. The molecule has 1 aromatic carbocycles. The molecule has 2 aliphatic rings. The van der Waals surface area contributed by atoms with Crippen molar-refractivity contribution in [2.45, 2.75) is 38.2 Å². The van der Waals surface area contributed by atoms with Crippen molar-refractivity contribution in [3.05, 3.63) is 34.9 Å². The highest BCUT2D eigenvalue weighted by molar-refractivity contribution is 5.96. The zero-order chi connectivity index (χ0) is 12.5. The summed E-state index contributed by atoms with van der Waals surface area (Å²) in [5.41, 5.74) is 2.75. The first-order valence-corrected chi connectivity index (χ1v) is 6.85. The van der Waals surface area contributed by atoms with Gasteiger partial charge in [0.25, 0.3) is 5.91 Å². The maximum atomic E-state index is 11.8. The van der Waals surface area contributed by atoms with E-state index in [0.29, 0.717) is 5.92 Å². The topological polar surface area (TPSA) is 49.3 Å². The second kappa shape index (κ2) is 4.73. The van der Waals surface area contributed by atoms with E-state index >= 15 is 0 Å². The first-order valence-electron chi connectivity index (χ1n) is 6.85. The van der Waals surface area contributed by atoms with Gasteiger partial charge in [-0.2, -0.15) is 0 Å². The van der Waals surface area contributed by atoms with E-state index in [1.807, 2.05) is 18.2 Å². The van der Waals surface area contributed by atoms with E-state index in [2.05, 4.69) is 5.32 Å². The monoisotopic (exact) mass is 245 g/mol. The molecule has 3 nitrogen and oxygen atoms in total. The number of carbonyl (C=O) groups is 1. The maximum Gasteiger partial charge on any atom is 0.251 e. The minimum absolute atomic E-state index is 0.00304. The lowest BCUT2D eigenvalue weighted by Gasteiger charge is -2.21. The highest BCUT2D eigenvalue weighted by Crippen LogP contribution is 2.36. The maximum absolute atomic E-state index is 11.8. The minimum atomic E-state index is -0.410. The summed E-state index contributed by atoms with van der Waals surface area (Å²) in [5.74, 6) is 0.367. The highest BCUT2D eigenvalue weighted by Gasteiger charge is 2.26. The highest BCUT2D eigenvalue weighted by atomic mass is 16.3. The number of benzene rings is 1. The third-order valence-electron chi connectivity index (χ3n) is 4.25. The van der Waals surface area contributed by atoms with Crippen LogP contribution >= 0.6 is 0 Å². The van der Waals surface area contributed by atoms with Gasteiger partial charge in [-0.3, -0.25) is 4.79 Å². The van der Waals surface area contributed by atoms with Gasteiger partial charge in [-0.15, -0.1) is 0 Å². The summed E-state index contributed by atoms with van der Waals surface area (Å²) < 4.78 is 0. The van der Waals surface area contributed by atoms with Crippen LogP contribution < -0.4 is 5.32 Å². The molecule has 3 rings (SSSR count). The van der Waals surface area contributed by atoms with E-state index in [-0.39, 0.29) is 5.91 Å². The molecular weight excluding hydrogens is 226 g/mol.